The lowest BCUT2D eigenvalue weighted by molar-refractivity contribution is -0.274. The molecule has 3 nitrogen and oxygen atoms in total. The van der Waals surface area contributed by atoms with Crippen LogP contribution in [0.2, 0.25) is 0 Å². The number of alkyl halides is 3. The molecular weight excluding hydrogens is 185 g/mol. The summed E-state index contributed by atoms with van der Waals surface area (Å²) in [6.45, 7) is 0. The molecule has 0 saturated heterocycles. The maximum atomic E-state index is 11.7. The molecule has 0 aliphatic heterocycles. The normalized spacial score (nSPS) is 11.1. The second kappa shape index (κ2) is 3.53. The summed E-state index contributed by atoms with van der Waals surface area (Å²) in [6.07, 6.45) is -4.69. The molecule has 0 aliphatic rings. The third-order valence-corrected chi connectivity index (χ3v) is 1.20. The van der Waals surface area contributed by atoms with Crippen LogP contribution in [0.15, 0.2) is 24.3 Å². The van der Waals surface area contributed by atoms with Gasteiger partial charge >= 0.3 is 6.36 Å². The van der Waals surface area contributed by atoms with Crippen LogP contribution in [-0.4, -0.2) is 6.36 Å². The van der Waals surface area contributed by atoms with Crippen LogP contribution in [0.1, 0.15) is 0 Å². The van der Waals surface area contributed by atoms with Crippen molar-refractivity contribution in [1.82, 2.24) is 0 Å². The minimum absolute atomic E-state index is 0.224. The van der Waals surface area contributed by atoms with Crippen molar-refractivity contribution in [1.29, 1.82) is 0 Å². The first kappa shape index (κ1) is 9.66. The van der Waals surface area contributed by atoms with E-state index in [1.54, 1.807) is 0 Å². The molecule has 0 saturated carbocycles. The monoisotopic (exact) mass is 191 g/mol. The summed E-state index contributed by atoms with van der Waals surface area (Å²) in [5.74, 6) is 4.54. The molecule has 1 rings (SSSR count). The van der Waals surface area contributed by atoms with Crippen LogP contribution in [0, 0.1) is 0 Å². The summed E-state index contributed by atoms with van der Waals surface area (Å²) in [4.78, 5) is 0. The lowest BCUT2D eigenvalue weighted by Crippen LogP contribution is -2.16. The Bertz CT molecular complexity index is 287. The van der Waals surface area contributed by atoms with Gasteiger partial charge in [-0.3, -0.25) is 0 Å². The van der Waals surface area contributed by atoms with Crippen LogP contribution in [0.5, 0.6) is 5.75 Å². The van der Waals surface area contributed by atoms with Crippen LogP contribution < -0.4 is 10.6 Å². The van der Waals surface area contributed by atoms with Gasteiger partial charge in [0.1, 0.15) is 5.75 Å². The molecule has 0 heterocycles. The maximum Gasteiger partial charge on any atom is 0.573 e. The summed E-state index contributed by atoms with van der Waals surface area (Å²) in [5, 5.41) is 0. The molecule has 0 atom stereocenters. The van der Waals surface area contributed by atoms with Gasteiger partial charge in [-0.15, -0.1) is 18.9 Å². The van der Waals surface area contributed by atoms with Crippen molar-refractivity contribution in [3.8, 4) is 5.75 Å². The Kier molecular flexibility index (Phi) is 2.62. The first-order chi connectivity index (χ1) is 6.01. The van der Waals surface area contributed by atoms with Crippen molar-refractivity contribution in [3.63, 3.8) is 0 Å². The van der Waals surface area contributed by atoms with Gasteiger partial charge in [0.2, 0.25) is 0 Å². The van der Waals surface area contributed by atoms with E-state index in [0.717, 1.165) is 6.07 Å². The number of hydrogen-bond donors (Lipinski definition) is 1. The van der Waals surface area contributed by atoms with Crippen molar-refractivity contribution in [2.45, 2.75) is 6.36 Å². The Morgan fingerprint density at radius 3 is 2.54 bits per heavy atom. The fraction of sp³-hybridized carbons (Fsp3) is 0.143. The molecule has 0 aliphatic carbocycles. The average molecular weight is 191 g/mol. The molecular formula is C7H6F3N2O-. The summed E-state index contributed by atoms with van der Waals surface area (Å²) < 4.78 is 38.7. The topological polar surface area (TPSA) is 49.4 Å². The molecule has 0 spiro atoms. The number of nitrogens with zero attached hydrogens (tertiary/aromatic N) is 1. The van der Waals surface area contributed by atoms with E-state index >= 15 is 0 Å². The Balaban J connectivity index is 2.78. The number of benzene rings is 1. The van der Waals surface area contributed by atoms with Gasteiger partial charge in [0.05, 0.1) is 0 Å². The van der Waals surface area contributed by atoms with Gasteiger partial charge in [-0.1, -0.05) is 12.1 Å². The Morgan fingerprint density at radius 1 is 1.31 bits per heavy atom. The number of rotatable bonds is 2. The van der Waals surface area contributed by atoms with Crippen molar-refractivity contribution in [3.05, 3.63) is 29.7 Å². The summed E-state index contributed by atoms with van der Waals surface area (Å²) >= 11 is 0. The fourth-order valence-corrected chi connectivity index (χ4v) is 0.761. The van der Waals surface area contributed by atoms with E-state index in [1.165, 1.54) is 18.2 Å². The van der Waals surface area contributed by atoms with Gasteiger partial charge in [-0.25, -0.2) is 0 Å². The molecule has 2 N–H and O–H groups in total. The van der Waals surface area contributed by atoms with Crippen molar-refractivity contribution in [2.75, 3.05) is 0 Å². The molecule has 0 amide bonds. The van der Waals surface area contributed by atoms with E-state index in [-0.39, 0.29) is 11.4 Å². The highest BCUT2D eigenvalue weighted by molar-refractivity contribution is 5.50. The quantitative estimate of drug-likeness (QED) is 0.576. The molecule has 1 aromatic carbocycles. The molecule has 0 aromatic heterocycles. The van der Waals surface area contributed by atoms with E-state index in [1.807, 2.05) is 0 Å². The minimum atomic E-state index is -4.69. The lowest BCUT2D eigenvalue weighted by Gasteiger charge is -2.15. The standard InChI is InChI=1S/C7H6F3N2O/c8-7(9,10)13-6-3-1-2-5(4-6)12-11/h1-4H,11H2/q-1. The second-order valence-electron chi connectivity index (χ2n) is 2.17. The van der Waals surface area contributed by atoms with Crippen molar-refractivity contribution < 1.29 is 17.9 Å². The average Bonchev–Trinajstić information content (AvgIpc) is 2.01. The van der Waals surface area contributed by atoms with Gasteiger partial charge in [-0.05, 0) is 12.1 Å². The summed E-state index contributed by atoms with van der Waals surface area (Å²) in [7, 11) is 0. The third kappa shape index (κ3) is 3.20. The number of hydrogen-bond acceptors (Lipinski definition) is 2. The number of ether oxygens (including phenoxy) is 1. The Morgan fingerprint density at radius 2 is 2.00 bits per heavy atom. The van der Waals surface area contributed by atoms with Crippen molar-refractivity contribution in [2.24, 2.45) is 5.84 Å². The van der Waals surface area contributed by atoms with E-state index < -0.39 is 6.36 Å². The molecule has 6 heteroatoms. The highest BCUT2D eigenvalue weighted by atomic mass is 19.4. The first-order valence-electron chi connectivity index (χ1n) is 3.28. The van der Waals surface area contributed by atoms with Crippen molar-refractivity contribution >= 4 is 5.69 Å². The molecule has 13 heavy (non-hydrogen) atoms. The maximum absolute atomic E-state index is 11.7. The van der Waals surface area contributed by atoms with Crippen LogP contribution >= 0.6 is 0 Å². The highest BCUT2D eigenvalue weighted by Crippen LogP contribution is 2.26. The molecule has 0 bridgehead atoms. The predicted molar refractivity (Wildman–Crippen MR) is 40.3 cm³/mol. The Hall–Kier alpha value is -1.43. The van der Waals surface area contributed by atoms with Gasteiger partial charge in [0.15, 0.2) is 0 Å². The number of nitrogens with two attached hydrogens (primary N) is 1. The minimum Gasteiger partial charge on any atom is -0.625 e. The van der Waals surface area contributed by atoms with E-state index in [9.17, 15) is 13.2 Å². The fourth-order valence-electron chi connectivity index (χ4n) is 0.761. The first-order valence-corrected chi connectivity index (χ1v) is 3.28. The highest BCUT2D eigenvalue weighted by Gasteiger charge is 2.30. The van der Waals surface area contributed by atoms with Crippen LogP contribution in [0.4, 0.5) is 18.9 Å². The van der Waals surface area contributed by atoms with E-state index in [0.29, 0.717) is 0 Å². The predicted octanol–water partition coefficient (Wildman–Crippen LogP) is 2.46. The smallest absolute Gasteiger partial charge is 0.573 e. The van der Waals surface area contributed by atoms with Gasteiger partial charge < -0.3 is 16.0 Å². The number of halogens is 3. The second-order valence-corrected chi connectivity index (χ2v) is 2.17. The Labute approximate surface area is 72.3 Å². The van der Waals surface area contributed by atoms with Gasteiger partial charge in [-0.2, -0.15) is 0 Å². The lowest BCUT2D eigenvalue weighted by atomic mass is 10.3. The SMILES string of the molecule is N[N-]c1cccc(OC(F)(F)F)c1. The van der Waals surface area contributed by atoms with Crippen LogP contribution in [-0.2, 0) is 0 Å². The molecule has 1 aromatic rings. The summed E-state index contributed by atoms with van der Waals surface area (Å²) in [5.41, 5.74) is 3.44. The van der Waals surface area contributed by atoms with E-state index in [4.69, 9.17) is 5.84 Å². The zero-order chi connectivity index (χ0) is 9.90. The third-order valence-electron chi connectivity index (χ3n) is 1.20. The van der Waals surface area contributed by atoms with Crippen LogP contribution in [0.25, 0.3) is 5.43 Å². The van der Waals surface area contributed by atoms with E-state index in [2.05, 4.69) is 10.2 Å². The summed E-state index contributed by atoms with van der Waals surface area (Å²) in [6, 6.07) is 5.09. The largest absolute Gasteiger partial charge is 0.625 e. The van der Waals surface area contributed by atoms with Gasteiger partial charge in [0, 0.05) is 0 Å². The molecule has 0 radical (unpaired) electrons. The zero-order valence-corrected chi connectivity index (χ0v) is 6.38. The molecule has 72 valence electrons. The molecule has 0 fully saturated rings. The van der Waals surface area contributed by atoms with Crippen LogP contribution in [0.3, 0.4) is 0 Å². The van der Waals surface area contributed by atoms with Gasteiger partial charge in [0.25, 0.3) is 0 Å². The molecule has 0 unspecified atom stereocenters. The zero-order valence-electron chi connectivity index (χ0n) is 6.38.